The lowest BCUT2D eigenvalue weighted by atomic mass is 10.0. The van der Waals surface area contributed by atoms with Gasteiger partial charge < -0.3 is 4.74 Å². The molecule has 0 unspecified atom stereocenters. The van der Waals surface area contributed by atoms with E-state index in [1.807, 2.05) is 45.0 Å². The van der Waals surface area contributed by atoms with Crippen LogP contribution < -0.4 is 9.46 Å². The van der Waals surface area contributed by atoms with Gasteiger partial charge in [-0.05, 0) is 56.0 Å². The molecule has 0 radical (unpaired) electrons. The lowest BCUT2D eigenvalue weighted by Gasteiger charge is -2.20. The molecular formula is C19H25NO3S. The van der Waals surface area contributed by atoms with E-state index in [1.54, 1.807) is 26.2 Å². The highest BCUT2D eigenvalue weighted by atomic mass is 32.2. The van der Waals surface area contributed by atoms with E-state index >= 15 is 0 Å². The third-order valence-electron chi connectivity index (χ3n) is 4.38. The summed E-state index contributed by atoms with van der Waals surface area (Å²) in [5.74, 6) is 0.692. The SMILES string of the molecule is CC[C@H](NS(=O)(=O)c1ccc(OC)c(C)c1C)c1ccc(C)cc1. The van der Waals surface area contributed by atoms with Crippen LogP contribution in [0.3, 0.4) is 0 Å². The fourth-order valence-corrected chi connectivity index (χ4v) is 4.33. The highest BCUT2D eigenvalue weighted by molar-refractivity contribution is 7.89. The second kappa shape index (κ2) is 7.36. The molecule has 5 heteroatoms. The molecule has 130 valence electrons. The minimum Gasteiger partial charge on any atom is -0.496 e. The van der Waals surface area contributed by atoms with Gasteiger partial charge in [-0.15, -0.1) is 0 Å². The van der Waals surface area contributed by atoms with E-state index in [1.165, 1.54) is 0 Å². The van der Waals surface area contributed by atoms with Gasteiger partial charge in [0.25, 0.3) is 0 Å². The van der Waals surface area contributed by atoms with Gasteiger partial charge >= 0.3 is 0 Å². The van der Waals surface area contributed by atoms with Gasteiger partial charge in [0.2, 0.25) is 10.0 Å². The zero-order valence-corrected chi connectivity index (χ0v) is 15.7. The van der Waals surface area contributed by atoms with Crippen LogP contribution in [-0.2, 0) is 10.0 Å². The number of hydrogen-bond acceptors (Lipinski definition) is 3. The normalized spacial score (nSPS) is 12.9. The van der Waals surface area contributed by atoms with Gasteiger partial charge in [-0.3, -0.25) is 0 Å². The minimum atomic E-state index is -3.61. The van der Waals surface area contributed by atoms with E-state index < -0.39 is 10.0 Å². The maximum Gasteiger partial charge on any atom is 0.241 e. The summed E-state index contributed by atoms with van der Waals surface area (Å²) in [6.07, 6.45) is 0.677. The van der Waals surface area contributed by atoms with Crippen LogP contribution in [0.25, 0.3) is 0 Å². The average Bonchev–Trinajstić information content (AvgIpc) is 2.55. The topological polar surface area (TPSA) is 55.4 Å². The summed E-state index contributed by atoms with van der Waals surface area (Å²) in [7, 11) is -2.03. The second-order valence-corrected chi connectivity index (χ2v) is 7.69. The highest BCUT2D eigenvalue weighted by Gasteiger charge is 2.23. The van der Waals surface area contributed by atoms with E-state index in [0.717, 1.165) is 16.7 Å². The Kier molecular flexibility index (Phi) is 5.67. The van der Waals surface area contributed by atoms with E-state index in [9.17, 15) is 8.42 Å². The molecule has 1 atom stereocenters. The molecule has 0 aliphatic rings. The molecule has 0 aliphatic carbocycles. The molecule has 0 amide bonds. The average molecular weight is 347 g/mol. The number of benzene rings is 2. The van der Waals surface area contributed by atoms with Gasteiger partial charge in [-0.2, -0.15) is 0 Å². The number of hydrogen-bond donors (Lipinski definition) is 1. The lowest BCUT2D eigenvalue weighted by molar-refractivity contribution is 0.410. The van der Waals surface area contributed by atoms with E-state index in [4.69, 9.17) is 4.74 Å². The Morgan fingerprint density at radius 2 is 1.62 bits per heavy atom. The van der Waals surface area contributed by atoms with Crippen molar-refractivity contribution in [2.75, 3.05) is 7.11 Å². The van der Waals surface area contributed by atoms with Crippen molar-refractivity contribution < 1.29 is 13.2 Å². The molecule has 2 rings (SSSR count). The summed E-state index contributed by atoms with van der Waals surface area (Å²) in [6.45, 7) is 7.65. The monoisotopic (exact) mass is 347 g/mol. The van der Waals surface area contributed by atoms with Crippen LogP contribution in [0.1, 0.15) is 41.6 Å². The van der Waals surface area contributed by atoms with Crippen LogP contribution in [0, 0.1) is 20.8 Å². The van der Waals surface area contributed by atoms with Gasteiger partial charge in [0.05, 0.1) is 12.0 Å². The molecule has 0 saturated heterocycles. The van der Waals surface area contributed by atoms with Crippen LogP contribution in [0.15, 0.2) is 41.3 Å². The van der Waals surface area contributed by atoms with Crippen molar-refractivity contribution >= 4 is 10.0 Å². The Morgan fingerprint density at radius 1 is 1.00 bits per heavy atom. The summed E-state index contributed by atoms with van der Waals surface area (Å²) >= 11 is 0. The van der Waals surface area contributed by atoms with Crippen molar-refractivity contribution in [3.05, 3.63) is 58.7 Å². The summed E-state index contributed by atoms with van der Waals surface area (Å²) < 4.78 is 33.8. The molecule has 1 N–H and O–H groups in total. The van der Waals surface area contributed by atoms with Gasteiger partial charge in [0.1, 0.15) is 5.75 Å². The zero-order chi connectivity index (χ0) is 17.9. The van der Waals surface area contributed by atoms with Crippen molar-refractivity contribution in [3.63, 3.8) is 0 Å². The first-order valence-electron chi connectivity index (χ1n) is 8.03. The van der Waals surface area contributed by atoms with Crippen LogP contribution >= 0.6 is 0 Å². The van der Waals surface area contributed by atoms with E-state index in [-0.39, 0.29) is 6.04 Å². The number of aryl methyl sites for hydroxylation is 1. The van der Waals surface area contributed by atoms with Crippen LogP contribution in [-0.4, -0.2) is 15.5 Å². The quantitative estimate of drug-likeness (QED) is 0.858. The second-order valence-electron chi connectivity index (χ2n) is 6.01. The Balaban J connectivity index is 2.36. The van der Waals surface area contributed by atoms with Crippen LogP contribution in [0.5, 0.6) is 5.75 Å². The molecule has 0 saturated carbocycles. The van der Waals surface area contributed by atoms with Crippen LogP contribution in [0.2, 0.25) is 0 Å². The van der Waals surface area contributed by atoms with Gasteiger partial charge in [-0.1, -0.05) is 36.8 Å². The third kappa shape index (κ3) is 3.79. The highest BCUT2D eigenvalue weighted by Crippen LogP contribution is 2.28. The zero-order valence-electron chi connectivity index (χ0n) is 14.9. The largest absolute Gasteiger partial charge is 0.496 e. The Hall–Kier alpha value is -1.85. The Morgan fingerprint density at radius 3 is 2.17 bits per heavy atom. The fraction of sp³-hybridized carbons (Fsp3) is 0.368. The molecule has 0 heterocycles. The van der Waals surface area contributed by atoms with Crippen molar-refractivity contribution in [3.8, 4) is 5.75 Å². The molecule has 0 spiro atoms. The molecule has 2 aromatic carbocycles. The maximum absolute atomic E-state index is 12.9. The van der Waals surface area contributed by atoms with Crippen molar-refractivity contribution in [1.82, 2.24) is 4.72 Å². The minimum absolute atomic E-state index is 0.252. The number of sulfonamides is 1. The Labute approximate surface area is 144 Å². The number of methoxy groups -OCH3 is 1. The first-order chi connectivity index (χ1) is 11.3. The maximum atomic E-state index is 12.9. The first-order valence-corrected chi connectivity index (χ1v) is 9.51. The first kappa shape index (κ1) is 18.5. The standard InChI is InChI=1S/C19H25NO3S/c1-6-17(16-9-7-13(2)8-10-16)20-24(21,22)19-12-11-18(23-5)14(3)15(19)4/h7-12,17,20H,6H2,1-5H3/t17-/m0/s1. The molecular weight excluding hydrogens is 322 g/mol. The van der Waals surface area contributed by atoms with E-state index in [2.05, 4.69) is 4.72 Å². The molecule has 2 aromatic rings. The summed E-state index contributed by atoms with van der Waals surface area (Å²) in [6, 6.07) is 11.0. The third-order valence-corrected chi connectivity index (χ3v) is 6.00. The Bertz CT molecular complexity index is 811. The van der Waals surface area contributed by atoms with Gasteiger partial charge in [0.15, 0.2) is 0 Å². The van der Waals surface area contributed by atoms with Crippen molar-refractivity contribution in [1.29, 1.82) is 0 Å². The van der Waals surface area contributed by atoms with E-state index in [0.29, 0.717) is 22.6 Å². The number of nitrogens with one attached hydrogen (secondary N) is 1. The smallest absolute Gasteiger partial charge is 0.241 e. The number of rotatable bonds is 6. The molecule has 0 fully saturated rings. The molecule has 0 aromatic heterocycles. The fourth-order valence-electron chi connectivity index (χ4n) is 2.72. The molecule has 0 bridgehead atoms. The predicted molar refractivity (Wildman–Crippen MR) is 97.0 cm³/mol. The molecule has 24 heavy (non-hydrogen) atoms. The van der Waals surface area contributed by atoms with Gasteiger partial charge in [-0.25, -0.2) is 13.1 Å². The summed E-state index contributed by atoms with van der Waals surface area (Å²) in [4.78, 5) is 0.298. The predicted octanol–water partition coefficient (Wildman–Crippen LogP) is 4.05. The summed E-state index contributed by atoms with van der Waals surface area (Å²) in [5.41, 5.74) is 3.66. The van der Waals surface area contributed by atoms with Crippen molar-refractivity contribution in [2.24, 2.45) is 0 Å². The van der Waals surface area contributed by atoms with Crippen LogP contribution in [0.4, 0.5) is 0 Å². The summed E-state index contributed by atoms with van der Waals surface area (Å²) in [5, 5.41) is 0. The lowest BCUT2D eigenvalue weighted by Crippen LogP contribution is -2.29. The van der Waals surface area contributed by atoms with Gasteiger partial charge in [0, 0.05) is 6.04 Å². The molecule has 4 nitrogen and oxygen atoms in total. The molecule has 0 aliphatic heterocycles. The van der Waals surface area contributed by atoms with Crippen molar-refractivity contribution in [2.45, 2.75) is 45.1 Å². The number of ether oxygens (including phenoxy) is 1.